The quantitative estimate of drug-likeness (QED) is 0.0786. The standard InChI is InChI=1S/C36H44O4/c1-4-6-7-8-9-10-11-12-27-38-33-25-19-32(20-26-33)36(37)40-35-23-17-31(18-24-35)14-13-30-15-21-34(22-16-30)39-28-29(3)5-2/h15-26,29H,4-12,27-28H2,1-3H3/t29-/m0/s1. The van der Waals surface area contributed by atoms with E-state index in [0.29, 0.717) is 23.8 Å². The highest BCUT2D eigenvalue weighted by atomic mass is 16.5. The van der Waals surface area contributed by atoms with Crippen LogP contribution in [0.2, 0.25) is 0 Å². The summed E-state index contributed by atoms with van der Waals surface area (Å²) in [5.41, 5.74) is 2.24. The third kappa shape index (κ3) is 11.6. The van der Waals surface area contributed by atoms with E-state index in [-0.39, 0.29) is 0 Å². The summed E-state index contributed by atoms with van der Waals surface area (Å²) in [6.45, 7) is 8.01. The SMILES string of the molecule is CCCCCCCCCCOc1ccc(C(=O)Oc2ccc(C#Cc3ccc(OC[C@@H](C)CC)cc3)cc2)cc1. The lowest BCUT2D eigenvalue weighted by Crippen LogP contribution is -2.08. The maximum atomic E-state index is 12.6. The van der Waals surface area contributed by atoms with Gasteiger partial charge in [0.1, 0.15) is 17.2 Å². The first kappa shape index (κ1) is 30.8. The third-order valence-corrected chi connectivity index (χ3v) is 6.86. The smallest absolute Gasteiger partial charge is 0.343 e. The summed E-state index contributed by atoms with van der Waals surface area (Å²) in [7, 11) is 0. The predicted octanol–water partition coefficient (Wildman–Crippen LogP) is 9.25. The maximum absolute atomic E-state index is 12.6. The van der Waals surface area contributed by atoms with Crippen molar-refractivity contribution in [1.82, 2.24) is 0 Å². The highest BCUT2D eigenvalue weighted by Crippen LogP contribution is 2.18. The molecule has 3 aromatic rings. The Morgan fingerprint density at radius 2 is 1.15 bits per heavy atom. The van der Waals surface area contributed by atoms with Crippen molar-refractivity contribution in [3.63, 3.8) is 0 Å². The summed E-state index contributed by atoms with van der Waals surface area (Å²) < 4.78 is 17.2. The molecule has 0 spiro atoms. The van der Waals surface area contributed by atoms with Crippen LogP contribution in [-0.2, 0) is 0 Å². The number of rotatable bonds is 16. The molecular formula is C36H44O4. The summed E-state index contributed by atoms with van der Waals surface area (Å²) in [5, 5.41) is 0. The van der Waals surface area contributed by atoms with Crippen molar-refractivity contribution < 1.29 is 19.0 Å². The van der Waals surface area contributed by atoms with Crippen LogP contribution >= 0.6 is 0 Å². The molecule has 0 amide bonds. The number of hydrogen-bond donors (Lipinski definition) is 0. The van der Waals surface area contributed by atoms with Gasteiger partial charge in [-0.2, -0.15) is 0 Å². The lowest BCUT2D eigenvalue weighted by Gasteiger charge is -2.10. The number of esters is 1. The van der Waals surface area contributed by atoms with E-state index in [4.69, 9.17) is 14.2 Å². The summed E-state index contributed by atoms with van der Waals surface area (Å²) in [6, 6.07) is 22.2. The van der Waals surface area contributed by atoms with Crippen LogP contribution in [-0.4, -0.2) is 19.2 Å². The van der Waals surface area contributed by atoms with Crippen LogP contribution in [0.4, 0.5) is 0 Å². The molecule has 0 aliphatic carbocycles. The van der Waals surface area contributed by atoms with Crippen LogP contribution in [0.25, 0.3) is 0 Å². The van der Waals surface area contributed by atoms with E-state index in [1.54, 1.807) is 24.3 Å². The monoisotopic (exact) mass is 540 g/mol. The van der Waals surface area contributed by atoms with E-state index in [9.17, 15) is 4.79 Å². The van der Waals surface area contributed by atoms with Crippen molar-refractivity contribution in [1.29, 1.82) is 0 Å². The predicted molar refractivity (Wildman–Crippen MR) is 163 cm³/mol. The molecule has 0 radical (unpaired) electrons. The molecule has 0 saturated carbocycles. The van der Waals surface area contributed by atoms with Gasteiger partial charge in [0.15, 0.2) is 0 Å². The zero-order chi connectivity index (χ0) is 28.4. The van der Waals surface area contributed by atoms with E-state index < -0.39 is 5.97 Å². The van der Waals surface area contributed by atoms with Gasteiger partial charge >= 0.3 is 5.97 Å². The highest BCUT2D eigenvalue weighted by Gasteiger charge is 2.09. The van der Waals surface area contributed by atoms with Crippen molar-refractivity contribution in [3.05, 3.63) is 89.5 Å². The molecule has 0 heterocycles. The molecule has 212 valence electrons. The minimum atomic E-state index is -0.399. The molecule has 0 unspecified atom stereocenters. The summed E-state index contributed by atoms with van der Waals surface area (Å²) >= 11 is 0. The molecule has 4 heteroatoms. The number of carbonyl (C=O) groups is 1. The van der Waals surface area contributed by atoms with Crippen molar-refractivity contribution in [2.45, 2.75) is 78.6 Å². The minimum absolute atomic E-state index is 0.399. The summed E-state index contributed by atoms with van der Waals surface area (Å²) in [4.78, 5) is 12.6. The number of hydrogen-bond acceptors (Lipinski definition) is 4. The first-order valence-corrected chi connectivity index (χ1v) is 14.9. The van der Waals surface area contributed by atoms with Gasteiger partial charge in [-0.15, -0.1) is 0 Å². The Morgan fingerprint density at radius 3 is 1.73 bits per heavy atom. The van der Waals surface area contributed by atoms with Crippen LogP contribution in [0.15, 0.2) is 72.8 Å². The van der Waals surface area contributed by atoms with E-state index in [1.165, 1.54) is 44.9 Å². The molecule has 40 heavy (non-hydrogen) atoms. The van der Waals surface area contributed by atoms with E-state index in [1.807, 2.05) is 48.5 Å². The van der Waals surface area contributed by atoms with Gasteiger partial charge in [-0.1, -0.05) is 84.0 Å². The highest BCUT2D eigenvalue weighted by molar-refractivity contribution is 5.91. The lowest BCUT2D eigenvalue weighted by molar-refractivity contribution is 0.0734. The molecule has 0 saturated heterocycles. The Bertz CT molecular complexity index is 1180. The number of benzene rings is 3. The van der Waals surface area contributed by atoms with Crippen molar-refractivity contribution in [2.75, 3.05) is 13.2 Å². The summed E-state index contributed by atoms with van der Waals surface area (Å²) in [5.74, 6) is 8.57. The molecular weight excluding hydrogens is 496 g/mol. The fourth-order valence-electron chi connectivity index (χ4n) is 4.02. The number of ether oxygens (including phenoxy) is 3. The zero-order valence-corrected chi connectivity index (χ0v) is 24.4. The fourth-order valence-corrected chi connectivity index (χ4v) is 4.02. The number of unbranched alkanes of at least 4 members (excludes halogenated alkanes) is 7. The van der Waals surface area contributed by atoms with Gasteiger partial charge < -0.3 is 14.2 Å². The second-order valence-electron chi connectivity index (χ2n) is 10.4. The van der Waals surface area contributed by atoms with Gasteiger partial charge in [0, 0.05) is 11.1 Å². The lowest BCUT2D eigenvalue weighted by atomic mass is 10.1. The number of carbonyl (C=O) groups excluding carboxylic acids is 1. The fraction of sp³-hybridized carbons (Fsp3) is 0.417. The Balaban J connectivity index is 1.39. The second kappa shape index (κ2) is 17.8. The zero-order valence-electron chi connectivity index (χ0n) is 24.4. The topological polar surface area (TPSA) is 44.8 Å². The normalized spacial score (nSPS) is 11.3. The van der Waals surface area contributed by atoms with E-state index in [0.717, 1.165) is 42.1 Å². The van der Waals surface area contributed by atoms with Gasteiger partial charge in [0.2, 0.25) is 0 Å². The molecule has 0 bridgehead atoms. The molecule has 0 aliphatic heterocycles. The molecule has 0 N–H and O–H groups in total. The van der Waals surface area contributed by atoms with Crippen LogP contribution < -0.4 is 14.2 Å². The Morgan fingerprint density at radius 1 is 0.650 bits per heavy atom. The van der Waals surface area contributed by atoms with Gasteiger partial charge in [-0.25, -0.2) is 4.79 Å². The van der Waals surface area contributed by atoms with Crippen LogP contribution in [0, 0.1) is 17.8 Å². The molecule has 0 fully saturated rings. The average Bonchev–Trinajstić information content (AvgIpc) is 2.99. The van der Waals surface area contributed by atoms with Crippen molar-refractivity contribution in [2.24, 2.45) is 5.92 Å². The molecule has 0 aliphatic rings. The minimum Gasteiger partial charge on any atom is -0.494 e. The molecule has 3 aromatic carbocycles. The van der Waals surface area contributed by atoms with Crippen molar-refractivity contribution >= 4 is 5.97 Å². The molecule has 4 nitrogen and oxygen atoms in total. The first-order valence-electron chi connectivity index (χ1n) is 14.9. The van der Waals surface area contributed by atoms with E-state index >= 15 is 0 Å². The van der Waals surface area contributed by atoms with Gasteiger partial charge in [0.25, 0.3) is 0 Å². The van der Waals surface area contributed by atoms with Crippen LogP contribution in [0.3, 0.4) is 0 Å². The van der Waals surface area contributed by atoms with Crippen molar-refractivity contribution in [3.8, 4) is 29.1 Å². The van der Waals surface area contributed by atoms with Crippen LogP contribution in [0.5, 0.6) is 17.2 Å². The van der Waals surface area contributed by atoms with Gasteiger partial charge in [-0.3, -0.25) is 0 Å². The molecule has 0 aromatic heterocycles. The molecule has 3 rings (SSSR count). The maximum Gasteiger partial charge on any atom is 0.343 e. The Labute approximate surface area is 241 Å². The average molecular weight is 541 g/mol. The summed E-state index contributed by atoms with van der Waals surface area (Å²) in [6.07, 6.45) is 11.3. The van der Waals surface area contributed by atoms with Gasteiger partial charge in [-0.05, 0) is 85.1 Å². The first-order chi connectivity index (χ1) is 19.6. The molecule has 1 atom stereocenters. The second-order valence-corrected chi connectivity index (χ2v) is 10.4. The largest absolute Gasteiger partial charge is 0.494 e. The Hall–Kier alpha value is -3.71. The van der Waals surface area contributed by atoms with Crippen LogP contribution in [0.1, 0.15) is 100 Å². The Kier molecular flexibility index (Phi) is 13.7. The van der Waals surface area contributed by atoms with E-state index in [2.05, 4.69) is 32.6 Å². The van der Waals surface area contributed by atoms with Gasteiger partial charge in [0.05, 0.1) is 18.8 Å². The third-order valence-electron chi connectivity index (χ3n) is 6.86.